The first-order valence-corrected chi connectivity index (χ1v) is 3.34. The van der Waals surface area contributed by atoms with Gasteiger partial charge in [-0.3, -0.25) is 9.78 Å². The van der Waals surface area contributed by atoms with Crippen molar-refractivity contribution in [2.75, 3.05) is 0 Å². The molecule has 0 amide bonds. The van der Waals surface area contributed by atoms with Gasteiger partial charge in [0.05, 0.1) is 0 Å². The molecular weight excluding hydrogens is 158 g/mol. The molecule has 0 aliphatic heterocycles. The summed E-state index contributed by atoms with van der Waals surface area (Å²) in [6.07, 6.45) is 3.32. The molecule has 1 heterocycles. The summed E-state index contributed by atoms with van der Waals surface area (Å²) in [5, 5.41) is 0. The third-order valence-corrected chi connectivity index (χ3v) is 1.20. The van der Waals surface area contributed by atoms with Crippen LogP contribution in [0.4, 0.5) is 0 Å². The maximum absolute atomic E-state index is 10.4. The predicted octanol–water partition coefficient (Wildman–Crippen LogP) is 0.324. The van der Waals surface area contributed by atoms with E-state index in [-0.39, 0.29) is 12.9 Å². The first-order chi connectivity index (χ1) is 5.83. The van der Waals surface area contributed by atoms with Gasteiger partial charge in [-0.05, 0) is 6.07 Å². The van der Waals surface area contributed by atoms with Gasteiger partial charge in [0, 0.05) is 18.0 Å². The molecule has 0 radical (unpaired) electrons. The summed E-state index contributed by atoms with van der Waals surface area (Å²) in [4.78, 5) is 24.0. The highest BCUT2D eigenvalue weighted by Crippen LogP contribution is 1.97. The number of rotatable bonds is 3. The Labute approximate surface area is 69.2 Å². The standard InChI is InChI=1S/C8H7NO3/c10-5-8(11)12-6-7-2-1-3-9-4-7/h1-5H,6H2. The molecule has 1 aromatic rings. The van der Waals surface area contributed by atoms with Crippen LogP contribution in [0.25, 0.3) is 0 Å². The predicted molar refractivity (Wildman–Crippen MR) is 40.1 cm³/mol. The summed E-state index contributed by atoms with van der Waals surface area (Å²) in [7, 11) is 0. The minimum atomic E-state index is -0.862. The zero-order chi connectivity index (χ0) is 8.81. The van der Waals surface area contributed by atoms with Gasteiger partial charge in [-0.25, -0.2) is 4.79 Å². The van der Waals surface area contributed by atoms with Gasteiger partial charge in [-0.15, -0.1) is 0 Å². The minimum absolute atomic E-state index is 0.0887. The number of nitrogens with zero attached hydrogens (tertiary/aromatic N) is 1. The Hall–Kier alpha value is -1.71. The van der Waals surface area contributed by atoms with E-state index in [0.717, 1.165) is 5.56 Å². The molecular formula is C8H7NO3. The van der Waals surface area contributed by atoms with Gasteiger partial charge in [0.2, 0.25) is 6.29 Å². The van der Waals surface area contributed by atoms with Gasteiger partial charge in [-0.2, -0.15) is 0 Å². The molecule has 1 aromatic heterocycles. The molecule has 0 saturated carbocycles. The van der Waals surface area contributed by atoms with Crippen molar-refractivity contribution in [3.63, 3.8) is 0 Å². The van der Waals surface area contributed by atoms with Gasteiger partial charge in [0.25, 0.3) is 0 Å². The molecule has 62 valence electrons. The first kappa shape index (κ1) is 8.39. The van der Waals surface area contributed by atoms with Crippen LogP contribution in [0.1, 0.15) is 5.56 Å². The number of hydrogen-bond acceptors (Lipinski definition) is 4. The van der Waals surface area contributed by atoms with Crippen molar-refractivity contribution in [3.8, 4) is 0 Å². The summed E-state index contributed by atoms with van der Waals surface area (Å²) >= 11 is 0. The van der Waals surface area contributed by atoms with Crippen LogP contribution in [-0.4, -0.2) is 17.2 Å². The van der Waals surface area contributed by atoms with E-state index in [1.54, 1.807) is 24.5 Å². The van der Waals surface area contributed by atoms with Crippen LogP contribution in [0.5, 0.6) is 0 Å². The molecule has 0 atom stereocenters. The molecule has 0 saturated heterocycles. The fraction of sp³-hybridized carbons (Fsp3) is 0.125. The quantitative estimate of drug-likeness (QED) is 0.368. The molecule has 12 heavy (non-hydrogen) atoms. The van der Waals surface area contributed by atoms with Crippen LogP contribution in [-0.2, 0) is 20.9 Å². The maximum Gasteiger partial charge on any atom is 0.371 e. The summed E-state index contributed by atoms with van der Waals surface area (Å²) in [6.45, 7) is 0.0887. The highest BCUT2D eigenvalue weighted by atomic mass is 16.5. The molecule has 0 N–H and O–H groups in total. The van der Waals surface area contributed by atoms with Gasteiger partial charge in [-0.1, -0.05) is 6.07 Å². The highest BCUT2D eigenvalue weighted by Gasteiger charge is 1.98. The maximum atomic E-state index is 10.4. The molecule has 4 heteroatoms. The summed E-state index contributed by atoms with van der Waals surface area (Å²) in [5.41, 5.74) is 0.757. The number of aldehydes is 1. The van der Waals surface area contributed by atoms with Crippen molar-refractivity contribution in [1.82, 2.24) is 4.98 Å². The second-order valence-corrected chi connectivity index (χ2v) is 2.09. The number of hydrogen-bond donors (Lipinski definition) is 0. The summed E-state index contributed by atoms with van der Waals surface area (Å²) in [6, 6.07) is 3.48. The van der Waals surface area contributed by atoms with Gasteiger partial charge in [0.15, 0.2) is 0 Å². The van der Waals surface area contributed by atoms with E-state index >= 15 is 0 Å². The zero-order valence-electron chi connectivity index (χ0n) is 6.27. The molecule has 0 bridgehead atoms. The summed E-state index contributed by atoms with van der Waals surface area (Å²) in [5.74, 6) is -0.862. The lowest BCUT2D eigenvalue weighted by Gasteiger charge is -1.98. The van der Waals surface area contributed by atoms with Crippen LogP contribution in [0.3, 0.4) is 0 Å². The Kier molecular flexibility index (Phi) is 2.95. The third-order valence-electron chi connectivity index (χ3n) is 1.20. The Balaban J connectivity index is 2.43. The van der Waals surface area contributed by atoms with E-state index in [1.807, 2.05) is 0 Å². The second kappa shape index (κ2) is 4.23. The van der Waals surface area contributed by atoms with E-state index in [1.165, 1.54) is 0 Å². The van der Waals surface area contributed by atoms with Crippen molar-refractivity contribution in [2.24, 2.45) is 0 Å². The topological polar surface area (TPSA) is 56.3 Å². The van der Waals surface area contributed by atoms with Gasteiger partial charge >= 0.3 is 5.97 Å². The third kappa shape index (κ3) is 2.49. The largest absolute Gasteiger partial charge is 0.455 e. The molecule has 4 nitrogen and oxygen atoms in total. The van der Waals surface area contributed by atoms with Crippen LogP contribution < -0.4 is 0 Å². The van der Waals surface area contributed by atoms with E-state index in [0.29, 0.717) is 0 Å². The average molecular weight is 165 g/mol. The normalized spacial score (nSPS) is 9.00. The number of esters is 1. The molecule has 0 aromatic carbocycles. The minimum Gasteiger partial charge on any atom is -0.455 e. The van der Waals surface area contributed by atoms with Crippen LogP contribution >= 0.6 is 0 Å². The highest BCUT2D eigenvalue weighted by molar-refractivity contribution is 6.20. The lowest BCUT2D eigenvalue weighted by atomic mass is 10.3. The SMILES string of the molecule is O=CC(=O)OCc1cccnc1. The van der Waals surface area contributed by atoms with E-state index in [4.69, 9.17) is 0 Å². The van der Waals surface area contributed by atoms with Crippen molar-refractivity contribution >= 4 is 12.3 Å². The van der Waals surface area contributed by atoms with Crippen molar-refractivity contribution in [2.45, 2.75) is 6.61 Å². The van der Waals surface area contributed by atoms with Crippen molar-refractivity contribution in [3.05, 3.63) is 30.1 Å². The lowest BCUT2D eigenvalue weighted by molar-refractivity contribution is -0.149. The second-order valence-electron chi connectivity index (χ2n) is 2.09. The summed E-state index contributed by atoms with van der Waals surface area (Å²) < 4.78 is 4.53. The smallest absolute Gasteiger partial charge is 0.371 e. The van der Waals surface area contributed by atoms with E-state index in [9.17, 15) is 9.59 Å². The number of pyridine rings is 1. The molecule has 0 aliphatic carbocycles. The van der Waals surface area contributed by atoms with Gasteiger partial charge < -0.3 is 4.74 Å². The van der Waals surface area contributed by atoms with Crippen molar-refractivity contribution < 1.29 is 14.3 Å². The Bertz CT molecular complexity index is 271. The van der Waals surface area contributed by atoms with Crippen LogP contribution in [0, 0.1) is 0 Å². The number of aromatic nitrogens is 1. The van der Waals surface area contributed by atoms with E-state index in [2.05, 4.69) is 9.72 Å². The zero-order valence-corrected chi connectivity index (χ0v) is 6.27. The van der Waals surface area contributed by atoms with Crippen molar-refractivity contribution in [1.29, 1.82) is 0 Å². The number of carbonyl (C=O) groups is 2. The van der Waals surface area contributed by atoms with E-state index < -0.39 is 5.97 Å². The Morgan fingerprint density at radius 2 is 2.50 bits per heavy atom. The Morgan fingerprint density at radius 3 is 3.08 bits per heavy atom. The number of carbonyl (C=O) groups excluding carboxylic acids is 2. The van der Waals surface area contributed by atoms with Crippen LogP contribution in [0.2, 0.25) is 0 Å². The molecule has 1 rings (SSSR count). The molecule has 0 fully saturated rings. The average Bonchev–Trinajstić information content (AvgIpc) is 2.16. The molecule has 0 spiro atoms. The molecule has 0 unspecified atom stereocenters. The number of ether oxygens (including phenoxy) is 1. The Morgan fingerprint density at radius 1 is 1.67 bits per heavy atom. The van der Waals surface area contributed by atoms with Crippen LogP contribution in [0.15, 0.2) is 24.5 Å². The van der Waals surface area contributed by atoms with Gasteiger partial charge in [0.1, 0.15) is 6.61 Å². The fourth-order valence-electron chi connectivity index (χ4n) is 0.672. The first-order valence-electron chi connectivity index (χ1n) is 3.34. The lowest BCUT2D eigenvalue weighted by Crippen LogP contribution is -2.04. The fourth-order valence-corrected chi connectivity index (χ4v) is 0.672. The monoisotopic (exact) mass is 165 g/mol. The molecule has 0 aliphatic rings.